The molecular formula is C41H55F3N10O10. The van der Waals surface area contributed by atoms with Gasteiger partial charge in [-0.1, -0.05) is 44.2 Å². The molecule has 0 bridgehead atoms. The molecule has 64 heavy (non-hydrogen) atoms. The summed E-state index contributed by atoms with van der Waals surface area (Å²) in [6, 6.07) is 8.24. The van der Waals surface area contributed by atoms with Gasteiger partial charge in [0.2, 0.25) is 29.5 Å². The van der Waals surface area contributed by atoms with Crippen LogP contribution in [0.4, 0.5) is 13.2 Å². The standard InChI is InChI=1S/C39H54N10O8.C2HF3O2/c1-22(2)17-30(48-34(52)27(40)19-24-20-44-28-8-4-3-7-26(24)28)35(53)45-21-33(51)46-31(18-23-11-13-25(50)14-12-23)37(55)49-16-6-10-32(49)36(54)47-29(38(56)57)9-5-15-43-39(41)42;3-2(4,5)1(6)7/h3-4,7-8,11-14,20,22,27,29-32,44,50H,5-6,9-10,15-19,21,40H2,1-2H3,(H,45,53)(H,46,51)(H,47,54)(H,48,52)(H,56,57)(H4,41,42,43);(H,6,7)/t27-,29-,30-,31-,32-;/m0./s1. The number of guanidine groups is 1. The van der Waals surface area contributed by atoms with Crippen molar-refractivity contribution in [2.75, 3.05) is 19.6 Å². The molecule has 0 spiro atoms. The Kier molecular flexibility index (Phi) is 19.3. The highest BCUT2D eigenvalue weighted by Crippen LogP contribution is 2.22. The number of carboxylic acid groups (broad SMARTS) is 2. The van der Waals surface area contributed by atoms with Gasteiger partial charge in [-0.2, -0.15) is 13.2 Å². The summed E-state index contributed by atoms with van der Waals surface area (Å²) in [5.41, 5.74) is 19.3. The zero-order valence-electron chi connectivity index (χ0n) is 35.2. The molecule has 5 amide bonds. The van der Waals surface area contributed by atoms with Gasteiger partial charge in [0, 0.05) is 36.6 Å². The number of benzene rings is 2. The molecule has 1 fully saturated rings. The number of rotatable bonds is 20. The Labute approximate surface area is 365 Å². The molecular weight excluding hydrogens is 850 g/mol. The molecule has 3 aromatic rings. The van der Waals surface area contributed by atoms with Crippen LogP contribution in [-0.4, -0.2) is 129 Å². The second-order valence-electron chi connectivity index (χ2n) is 15.4. The number of fused-ring (bicyclic) bond motifs is 1. The van der Waals surface area contributed by atoms with Crippen molar-refractivity contribution in [3.63, 3.8) is 0 Å². The first-order chi connectivity index (χ1) is 30.1. The summed E-state index contributed by atoms with van der Waals surface area (Å²) in [7, 11) is 0. The number of nitrogens with one attached hydrogen (secondary N) is 5. The highest BCUT2D eigenvalue weighted by atomic mass is 19.4. The highest BCUT2D eigenvalue weighted by Gasteiger charge is 2.40. The van der Waals surface area contributed by atoms with E-state index in [1.807, 2.05) is 38.1 Å². The van der Waals surface area contributed by atoms with E-state index in [9.17, 15) is 52.2 Å². The largest absolute Gasteiger partial charge is 0.508 e. The summed E-state index contributed by atoms with van der Waals surface area (Å²) >= 11 is 0. The molecule has 4 rings (SSSR count). The van der Waals surface area contributed by atoms with Crippen LogP contribution in [0.3, 0.4) is 0 Å². The lowest BCUT2D eigenvalue weighted by Gasteiger charge is -2.29. The van der Waals surface area contributed by atoms with Crippen LogP contribution in [0, 0.1) is 5.92 Å². The lowest BCUT2D eigenvalue weighted by molar-refractivity contribution is -0.192. The van der Waals surface area contributed by atoms with E-state index in [1.54, 1.807) is 18.3 Å². The zero-order valence-corrected chi connectivity index (χ0v) is 35.2. The fraction of sp³-hybridized carbons (Fsp3) is 0.463. The first kappa shape index (κ1) is 51.4. The molecule has 2 aromatic carbocycles. The first-order valence-corrected chi connectivity index (χ1v) is 20.2. The van der Waals surface area contributed by atoms with Gasteiger partial charge in [-0.15, -0.1) is 0 Å². The molecule has 1 aromatic heterocycles. The Bertz CT molecular complexity index is 2130. The number of phenolic OH excluding ortho intramolecular Hbond substituents is 1. The second kappa shape index (κ2) is 24.1. The predicted molar refractivity (Wildman–Crippen MR) is 226 cm³/mol. The zero-order chi connectivity index (χ0) is 47.7. The van der Waals surface area contributed by atoms with Gasteiger partial charge >= 0.3 is 18.1 Å². The van der Waals surface area contributed by atoms with Crippen molar-refractivity contribution >= 4 is 58.3 Å². The van der Waals surface area contributed by atoms with E-state index in [4.69, 9.17) is 27.1 Å². The van der Waals surface area contributed by atoms with Gasteiger partial charge in [0.25, 0.3) is 0 Å². The molecule has 20 nitrogen and oxygen atoms in total. The van der Waals surface area contributed by atoms with Crippen molar-refractivity contribution in [3.05, 3.63) is 65.9 Å². The number of halogens is 3. The van der Waals surface area contributed by atoms with E-state index in [2.05, 4.69) is 31.2 Å². The third-order valence-electron chi connectivity index (χ3n) is 9.87. The van der Waals surface area contributed by atoms with Crippen molar-refractivity contribution in [3.8, 4) is 5.75 Å². The molecule has 1 saturated heterocycles. The van der Waals surface area contributed by atoms with Crippen LogP contribution in [0.1, 0.15) is 57.1 Å². The molecule has 0 aliphatic carbocycles. The number of carbonyl (C=O) groups excluding carboxylic acids is 5. The van der Waals surface area contributed by atoms with Crippen LogP contribution < -0.4 is 38.5 Å². The van der Waals surface area contributed by atoms with Gasteiger partial charge in [-0.25, -0.2) is 9.59 Å². The number of aliphatic carboxylic acids is 2. The normalized spacial score (nSPS) is 15.4. The number of likely N-dealkylation sites (tertiary alicyclic amines) is 1. The Morgan fingerprint density at radius 2 is 1.56 bits per heavy atom. The van der Waals surface area contributed by atoms with E-state index in [1.165, 1.54) is 17.0 Å². The minimum atomic E-state index is -5.08. The van der Waals surface area contributed by atoms with Gasteiger partial charge < -0.3 is 63.7 Å². The van der Waals surface area contributed by atoms with Crippen molar-refractivity contribution in [1.82, 2.24) is 31.2 Å². The summed E-state index contributed by atoms with van der Waals surface area (Å²) in [6.45, 7) is 3.58. The minimum absolute atomic E-state index is 0.00194. The summed E-state index contributed by atoms with van der Waals surface area (Å²) in [6.07, 6.45) is -1.77. The number of hydrogen-bond acceptors (Lipinski definition) is 10. The topological polar surface area (TPSA) is 338 Å². The number of aromatic amines is 1. The van der Waals surface area contributed by atoms with Gasteiger partial charge in [0.05, 0.1) is 12.6 Å². The van der Waals surface area contributed by atoms with E-state index in [-0.39, 0.29) is 69.2 Å². The van der Waals surface area contributed by atoms with Crippen LogP contribution in [0.5, 0.6) is 5.75 Å². The molecule has 14 N–H and O–H groups in total. The lowest BCUT2D eigenvalue weighted by Crippen LogP contribution is -2.57. The van der Waals surface area contributed by atoms with Crippen LogP contribution >= 0.6 is 0 Å². The monoisotopic (exact) mass is 904 g/mol. The molecule has 350 valence electrons. The smallest absolute Gasteiger partial charge is 0.490 e. The fourth-order valence-corrected chi connectivity index (χ4v) is 6.75. The number of amides is 5. The number of carboxylic acids is 2. The molecule has 1 aliphatic heterocycles. The van der Waals surface area contributed by atoms with E-state index < -0.39 is 84.4 Å². The van der Waals surface area contributed by atoms with Gasteiger partial charge in [-0.3, -0.25) is 29.0 Å². The Morgan fingerprint density at radius 1 is 0.906 bits per heavy atom. The van der Waals surface area contributed by atoms with Crippen LogP contribution in [0.2, 0.25) is 0 Å². The number of nitrogens with zero attached hydrogens (tertiary/aromatic N) is 2. The molecule has 0 unspecified atom stereocenters. The summed E-state index contributed by atoms with van der Waals surface area (Å²) in [5.74, 6) is -7.26. The number of aliphatic imine (C=N–C) groups is 1. The Morgan fingerprint density at radius 3 is 2.17 bits per heavy atom. The number of alkyl halides is 3. The molecule has 2 heterocycles. The van der Waals surface area contributed by atoms with Crippen LogP contribution in [-0.2, 0) is 46.4 Å². The van der Waals surface area contributed by atoms with Crippen molar-refractivity contribution in [2.24, 2.45) is 28.1 Å². The third-order valence-corrected chi connectivity index (χ3v) is 9.87. The molecule has 0 saturated carbocycles. The number of aromatic hydroxyl groups is 1. The number of hydrogen-bond donors (Lipinski definition) is 11. The van der Waals surface area contributed by atoms with Gasteiger partial charge in [-0.05, 0) is 73.8 Å². The predicted octanol–water partition coefficient (Wildman–Crippen LogP) is 0.365. The first-order valence-electron chi connectivity index (χ1n) is 20.2. The van der Waals surface area contributed by atoms with E-state index in [0.29, 0.717) is 12.0 Å². The summed E-state index contributed by atoms with van der Waals surface area (Å²) in [5, 5.41) is 38.1. The maximum absolute atomic E-state index is 14.1. The van der Waals surface area contributed by atoms with Crippen molar-refractivity contribution in [2.45, 2.75) is 95.2 Å². The van der Waals surface area contributed by atoms with Crippen LogP contribution in [0.25, 0.3) is 10.9 Å². The number of para-hydroxylation sites is 1. The SMILES string of the molecule is CC(C)C[C@H](NC(=O)[C@@H](N)Cc1c[nH]c2ccccc12)C(=O)NCC(=O)N[C@@H](Cc1ccc(O)cc1)C(=O)N1CCC[C@H]1C(=O)N[C@@H](CCCN=C(N)N)C(=O)O.O=C(O)C(F)(F)F. The maximum Gasteiger partial charge on any atom is 0.490 e. The number of carbonyl (C=O) groups is 7. The Hall–Kier alpha value is -6.91. The minimum Gasteiger partial charge on any atom is -0.508 e. The average Bonchev–Trinajstić information content (AvgIpc) is 3.88. The quantitative estimate of drug-likeness (QED) is 0.0415. The lowest BCUT2D eigenvalue weighted by atomic mass is 10.0. The van der Waals surface area contributed by atoms with Crippen molar-refractivity contribution < 1.29 is 62.1 Å². The van der Waals surface area contributed by atoms with Crippen molar-refractivity contribution in [1.29, 1.82) is 0 Å². The molecule has 23 heteroatoms. The van der Waals surface area contributed by atoms with Gasteiger partial charge in [0.1, 0.15) is 29.9 Å². The van der Waals surface area contributed by atoms with Gasteiger partial charge in [0.15, 0.2) is 5.96 Å². The molecule has 5 atom stereocenters. The number of nitrogens with two attached hydrogens (primary N) is 3. The highest BCUT2D eigenvalue weighted by molar-refractivity contribution is 5.96. The number of phenols is 1. The average molecular weight is 905 g/mol. The van der Waals surface area contributed by atoms with E-state index >= 15 is 0 Å². The second-order valence-corrected chi connectivity index (χ2v) is 15.4. The summed E-state index contributed by atoms with van der Waals surface area (Å²) in [4.78, 5) is 96.5. The number of aromatic nitrogens is 1. The maximum atomic E-state index is 14.1. The number of H-pyrrole nitrogens is 1. The summed E-state index contributed by atoms with van der Waals surface area (Å²) < 4.78 is 31.7. The third kappa shape index (κ3) is 16.4. The fourth-order valence-electron chi connectivity index (χ4n) is 6.75. The molecule has 0 radical (unpaired) electrons. The van der Waals surface area contributed by atoms with Crippen LogP contribution in [0.15, 0.2) is 59.7 Å². The Balaban J connectivity index is 0.00000143. The molecule has 1 aliphatic rings. The van der Waals surface area contributed by atoms with E-state index in [0.717, 1.165) is 16.5 Å².